The number of halogens is 2. The zero-order chi connectivity index (χ0) is 30.2. The number of ketones is 1. The van der Waals surface area contributed by atoms with Gasteiger partial charge in [-0.3, -0.25) is 9.78 Å². The molecule has 0 saturated carbocycles. The molecule has 1 radical (unpaired) electrons. The number of nitrogens with zero attached hydrogens (tertiary/aromatic N) is 2. The van der Waals surface area contributed by atoms with E-state index in [1.165, 1.54) is 17.4 Å². The predicted octanol–water partition coefficient (Wildman–Crippen LogP) is 10.1. The molecule has 0 fully saturated rings. The van der Waals surface area contributed by atoms with Gasteiger partial charge in [0.2, 0.25) is 6.43 Å². The van der Waals surface area contributed by atoms with Gasteiger partial charge in [-0.1, -0.05) is 69.0 Å². The molecule has 1 N–H and O–H groups in total. The van der Waals surface area contributed by atoms with E-state index in [1.807, 2.05) is 64.1 Å². The van der Waals surface area contributed by atoms with Crippen LogP contribution in [-0.2, 0) is 31.3 Å². The fraction of sp³-hybridized carbons (Fsp3) is 0.343. The quantitative estimate of drug-likeness (QED) is 0.0871. The zero-order valence-corrected chi connectivity index (χ0v) is 28.1. The van der Waals surface area contributed by atoms with Gasteiger partial charge in [-0.05, 0) is 37.3 Å². The van der Waals surface area contributed by atoms with Crippen LogP contribution in [-0.4, -0.2) is 27.3 Å². The van der Waals surface area contributed by atoms with E-state index < -0.39 is 6.43 Å². The van der Waals surface area contributed by atoms with Crippen LogP contribution in [0.5, 0.6) is 0 Å². The molecule has 0 unspecified atom stereocenters. The van der Waals surface area contributed by atoms with Crippen molar-refractivity contribution in [1.29, 1.82) is 0 Å². The molecule has 3 aromatic carbocycles. The molecule has 2 aromatic heterocycles. The van der Waals surface area contributed by atoms with Crippen molar-refractivity contribution in [2.75, 3.05) is 0 Å². The summed E-state index contributed by atoms with van der Waals surface area (Å²) in [6.45, 7) is 8.07. The summed E-state index contributed by atoms with van der Waals surface area (Å²) in [4.78, 5) is 20.7. The molecule has 0 aliphatic carbocycles. The number of hydrogen-bond donors (Lipinski definition) is 1. The van der Waals surface area contributed by atoms with Gasteiger partial charge >= 0.3 is 0 Å². The second-order valence-corrected chi connectivity index (χ2v) is 11.4. The van der Waals surface area contributed by atoms with E-state index in [4.69, 9.17) is 0 Å². The average molecular weight is 780 g/mol. The van der Waals surface area contributed by atoms with Crippen molar-refractivity contribution in [3.8, 4) is 11.3 Å². The predicted molar refractivity (Wildman–Crippen MR) is 170 cm³/mol. The smallest absolute Gasteiger partial charge is 0.242 e. The summed E-state index contributed by atoms with van der Waals surface area (Å²) in [5, 5.41) is 12.9. The van der Waals surface area contributed by atoms with Gasteiger partial charge in [-0.25, -0.2) is 13.8 Å². The second kappa shape index (κ2) is 16.1. The average Bonchev–Trinajstić information content (AvgIpc) is 3.36. The number of aliphatic hydroxyl groups excluding tert-OH is 1. The minimum Gasteiger partial charge on any atom is -0.512 e. The van der Waals surface area contributed by atoms with Gasteiger partial charge in [0.25, 0.3) is 0 Å². The summed E-state index contributed by atoms with van der Waals surface area (Å²) in [6.07, 6.45) is 3.88. The molecular weight excluding hydrogens is 743 g/mol. The van der Waals surface area contributed by atoms with Crippen LogP contribution in [0.25, 0.3) is 42.3 Å². The first-order valence-corrected chi connectivity index (χ1v) is 15.4. The molecule has 5 aromatic rings. The Balaban J connectivity index is 0.000000274. The molecule has 4 nitrogen and oxygen atoms in total. The SMILES string of the molecule is CCC(CC)C(=O)/C=C(\O)C(CC)CC.FC(F)Cc1ccc2c(c1)sc1c(-c3[c-]c4ccccc4cc3)ncnc12.[Ir]. The monoisotopic (exact) mass is 780 g/mol. The van der Waals surface area contributed by atoms with Crippen LogP contribution >= 0.6 is 11.3 Å². The number of hydrogen-bond acceptors (Lipinski definition) is 5. The molecule has 0 aliphatic heterocycles. The Morgan fingerprint density at radius 3 is 2.33 bits per heavy atom. The molecular formula is C35H37F2IrN2O2S-. The van der Waals surface area contributed by atoms with Crippen LogP contribution in [0.2, 0.25) is 0 Å². The fourth-order valence-corrected chi connectivity index (χ4v) is 6.37. The number of thiophene rings is 1. The molecule has 0 spiro atoms. The molecule has 5 rings (SSSR count). The van der Waals surface area contributed by atoms with E-state index in [0.717, 1.165) is 68.0 Å². The first-order chi connectivity index (χ1) is 20.3. The first-order valence-electron chi connectivity index (χ1n) is 14.6. The number of carbonyl (C=O) groups excluding carboxylic acids is 1. The molecule has 0 aliphatic rings. The Kier molecular flexibility index (Phi) is 12.9. The summed E-state index contributed by atoms with van der Waals surface area (Å²) in [5.41, 5.74) is 3.21. The maximum atomic E-state index is 12.7. The Morgan fingerprint density at radius 2 is 1.65 bits per heavy atom. The van der Waals surface area contributed by atoms with Crippen molar-refractivity contribution in [2.24, 2.45) is 11.8 Å². The fourth-order valence-electron chi connectivity index (χ4n) is 5.15. The Hall–Kier alpha value is -3.06. The standard InChI is InChI=1S/C22H13F2N2S.C13H24O2.Ir/c23-19(24)10-13-5-8-17-18(9-13)27-22-20(25-12-26-21(17)22)16-7-6-14-3-1-2-4-15(14)11-16;1-5-10(6-2)12(14)9-13(15)11(7-3)8-4;/h1-9,12,19H,10H2;9-11,14H,5-8H2,1-4H3;/q-1;;/b;12-9-;. The largest absolute Gasteiger partial charge is 0.512 e. The third-order valence-electron chi connectivity index (χ3n) is 7.70. The zero-order valence-electron chi connectivity index (χ0n) is 24.9. The number of aromatic nitrogens is 2. The minimum absolute atomic E-state index is 0. The van der Waals surface area contributed by atoms with Gasteiger partial charge in [0.1, 0.15) is 6.33 Å². The third-order valence-corrected chi connectivity index (χ3v) is 8.85. The number of carbonyl (C=O) groups is 1. The number of alkyl halides is 2. The van der Waals surface area contributed by atoms with Crippen molar-refractivity contribution >= 4 is 48.2 Å². The van der Waals surface area contributed by atoms with Gasteiger partial charge in [0, 0.05) is 64.9 Å². The second-order valence-electron chi connectivity index (χ2n) is 10.4. The molecule has 0 bridgehead atoms. The van der Waals surface area contributed by atoms with Crippen LogP contribution < -0.4 is 0 Å². The van der Waals surface area contributed by atoms with E-state index in [0.29, 0.717) is 5.56 Å². The number of rotatable bonds is 10. The van der Waals surface area contributed by atoms with E-state index >= 15 is 0 Å². The summed E-state index contributed by atoms with van der Waals surface area (Å²) in [5.74, 6) is 0.547. The third kappa shape index (κ3) is 8.31. The summed E-state index contributed by atoms with van der Waals surface area (Å²) in [7, 11) is 0. The van der Waals surface area contributed by atoms with Crippen molar-refractivity contribution < 1.29 is 38.8 Å². The van der Waals surface area contributed by atoms with Gasteiger partial charge in [0.05, 0.1) is 11.3 Å². The number of fused-ring (bicyclic) bond motifs is 4. The molecule has 2 heterocycles. The first kappa shape index (κ1) is 34.4. The van der Waals surface area contributed by atoms with Gasteiger partial charge in [0.15, 0.2) is 5.78 Å². The van der Waals surface area contributed by atoms with Crippen LogP contribution in [0.3, 0.4) is 0 Å². The van der Waals surface area contributed by atoms with Crippen LogP contribution in [0, 0.1) is 17.9 Å². The number of benzene rings is 3. The van der Waals surface area contributed by atoms with Gasteiger partial charge < -0.3 is 5.11 Å². The summed E-state index contributed by atoms with van der Waals surface area (Å²) < 4.78 is 27.3. The van der Waals surface area contributed by atoms with E-state index in [9.17, 15) is 18.7 Å². The minimum atomic E-state index is -2.35. The molecule has 0 saturated heterocycles. The molecule has 229 valence electrons. The van der Waals surface area contributed by atoms with Crippen molar-refractivity contribution in [3.05, 3.63) is 84.4 Å². The van der Waals surface area contributed by atoms with Crippen molar-refractivity contribution in [2.45, 2.75) is 66.2 Å². The van der Waals surface area contributed by atoms with Gasteiger partial charge in [-0.15, -0.1) is 41.0 Å². The van der Waals surface area contributed by atoms with Crippen LogP contribution in [0.4, 0.5) is 8.78 Å². The molecule has 43 heavy (non-hydrogen) atoms. The maximum Gasteiger partial charge on any atom is 0.242 e. The Bertz CT molecular complexity index is 1690. The molecule has 0 atom stereocenters. The summed E-state index contributed by atoms with van der Waals surface area (Å²) in [6, 6.07) is 21.0. The maximum absolute atomic E-state index is 12.7. The van der Waals surface area contributed by atoms with E-state index in [2.05, 4.69) is 28.2 Å². The number of allylic oxidation sites excluding steroid dienone is 2. The van der Waals surface area contributed by atoms with Crippen LogP contribution in [0.15, 0.2) is 72.8 Å². The summed E-state index contributed by atoms with van der Waals surface area (Å²) >= 11 is 1.54. The topological polar surface area (TPSA) is 63.1 Å². The van der Waals surface area contributed by atoms with Crippen LogP contribution in [0.1, 0.15) is 58.9 Å². The normalized spacial score (nSPS) is 11.8. The number of aliphatic hydroxyl groups is 1. The van der Waals surface area contributed by atoms with Crippen molar-refractivity contribution in [1.82, 2.24) is 9.97 Å². The van der Waals surface area contributed by atoms with E-state index in [-0.39, 0.29) is 49.9 Å². The molecule has 8 heteroatoms. The van der Waals surface area contributed by atoms with E-state index in [1.54, 1.807) is 12.4 Å². The van der Waals surface area contributed by atoms with Crippen molar-refractivity contribution in [3.63, 3.8) is 0 Å². The Morgan fingerprint density at radius 1 is 0.953 bits per heavy atom. The Labute approximate surface area is 269 Å². The van der Waals surface area contributed by atoms with Gasteiger partial charge in [-0.2, -0.15) is 0 Å². The molecule has 0 amide bonds.